The van der Waals surface area contributed by atoms with Crippen LogP contribution in [0.15, 0.2) is 96.4 Å². The number of carbonyl (C=O) groups is 1. The maximum absolute atomic E-state index is 12.9. The summed E-state index contributed by atoms with van der Waals surface area (Å²) in [5.41, 5.74) is 10.0. The standard InChI is InChI=1S/C37H35ClN2O6/c1-5-42-34-18-26(10-17-32(34)43-21-24-6-11-27(38)12-7-24)35-30-16-15-29(19-33(30)46-36(40)31(35)20-39)45-37(41)23(4)44-28-13-8-25(9-14-28)22(2)3/h6-19,22-23,35H,5,21,40H2,1-4H3. The minimum atomic E-state index is -0.859. The van der Waals surface area contributed by atoms with Gasteiger partial charge < -0.3 is 29.4 Å². The molecule has 1 heterocycles. The Morgan fingerprint density at radius 3 is 2.33 bits per heavy atom. The molecule has 4 aromatic carbocycles. The first-order chi connectivity index (χ1) is 22.2. The molecular formula is C37H35ClN2O6. The van der Waals surface area contributed by atoms with Gasteiger partial charge in [0.05, 0.1) is 12.5 Å². The van der Waals surface area contributed by atoms with E-state index in [4.69, 9.17) is 41.0 Å². The third-order valence-corrected chi connectivity index (χ3v) is 7.76. The van der Waals surface area contributed by atoms with Crippen molar-refractivity contribution in [2.75, 3.05) is 6.61 Å². The molecule has 4 aromatic rings. The summed E-state index contributed by atoms with van der Waals surface area (Å²) >= 11 is 6.01. The Morgan fingerprint density at radius 1 is 0.935 bits per heavy atom. The summed E-state index contributed by atoms with van der Waals surface area (Å²) in [7, 11) is 0. The molecule has 0 bridgehead atoms. The second-order valence-electron chi connectivity index (χ2n) is 11.1. The normalized spacial score (nSPS) is 14.5. The second-order valence-corrected chi connectivity index (χ2v) is 11.5. The van der Waals surface area contributed by atoms with Gasteiger partial charge >= 0.3 is 5.97 Å². The summed E-state index contributed by atoms with van der Waals surface area (Å²) in [6.45, 7) is 8.47. The molecule has 5 rings (SSSR count). The number of hydrogen-bond donors (Lipinski definition) is 1. The molecule has 0 spiro atoms. The summed E-state index contributed by atoms with van der Waals surface area (Å²) in [5, 5.41) is 10.7. The van der Waals surface area contributed by atoms with Crippen molar-refractivity contribution >= 4 is 17.6 Å². The average Bonchev–Trinajstić information content (AvgIpc) is 3.04. The SMILES string of the molecule is CCOc1cc(C2C(C#N)=C(N)Oc3cc(OC(=O)C(C)Oc4ccc(C(C)C)cc4)ccc32)ccc1OCc1ccc(Cl)cc1. The Hall–Kier alpha value is -5.13. The van der Waals surface area contributed by atoms with Crippen LogP contribution in [-0.4, -0.2) is 18.7 Å². The maximum atomic E-state index is 12.9. The van der Waals surface area contributed by atoms with E-state index in [2.05, 4.69) is 19.9 Å². The van der Waals surface area contributed by atoms with Crippen LogP contribution in [0.25, 0.3) is 0 Å². The monoisotopic (exact) mass is 638 g/mol. The van der Waals surface area contributed by atoms with E-state index < -0.39 is 18.0 Å². The van der Waals surface area contributed by atoms with E-state index in [0.717, 1.165) is 11.1 Å². The molecule has 1 aliphatic heterocycles. The van der Waals surface area contributed by atoms with Crippen molar-refractivity contribution in [3.8, 4) is 34.8 Å². The molecule has 46 heavy (non-hydrogen) atoms. The number of esters is 1. The van der Waals surface area contributed by atoms with Gasteiger partial charge in [-0.3, -0.25) is 0 Å². The quantitative estimate of drug-likeness (QED) is 0.130. The molecule has 0 aliphatic carbocycles. The Balaban J connectivity index is 1.36. The molecule has 0 radical (unpaired) electrons. The molecule has 0 saturated carbocycles. The number of hydrogen-bond acceptors (Lipinski definition) is 8. The van der Waals surface area contributed by atoms with E-state index in [1.54, 1.807) is 25.1 Å². The highest BCUT2D eigenvalue weighted by Crippen LogP contribution is 2.45. The van der Waals surface area contributed by atoms with Crippen molar-refractivity contribution in [3.05, 3.63) is 124 Å². The van der Waals surface area contributed by atoms with Gasteiger partial charge in [0.1, 0.15) is 35.5 Å². The van der Waals surface area contributed by atoms with Gasteiger partial charge in [0.15, 0.2) is 17.6 Å². The van der Waals surface area contributed by atoms with E-state index in [1.165, 1.54) is 5.56 Å². The van der Waals surface area contributed by atoms with Crippen LogP contribution < -0.4 is 29.4 Å². The van der Waals surface area contributed by atoms with Crippen LogP contribution in [0.5, 0.6) is 28.7 Å². The van der Waals surface area contributed by atoms with Gasteiger partial charge in [-0.2, -0.15) is 5.26 Å². The van der Waals surface area contributed by atoms with Crippen LogP contribution in [0.3, 0.4) is 0 Å². The number of rotatable bonds is 11. The van der Waals surface area contributed by atoms with E-state index >= 15 is 0 Å². The summed E-state index contributed by atoms with van der Waals surface area (Å²) in [5.74, 6) is 1.49. The lowest BCUT2D eigenvalue weighted by Gasteiger charge is -2.27. The Kier molecular flexibility index (Phi) is 10.0. The van der Waals surface area contributed by atoms with Crippen molar-refractivity contribution in [2.24, 2.45) is 5.73 Å². The number of ether oxygens (including phenoxy) is 5. The van der Waals surface area contributed by atoms with Crippen LogP contribution in [0, 0.1) is 11.3 Å². The molecule has 0 saturated heterocycles. The van der Waals surface area contributed by atoms with Gasteiger partial charge in [0.2, 0.25) is 5.88 Å². The average molecular weight is 639 g/mol. The first-order valence-electron chi connectivity index (χ1n) is 15.0. The lowest BCUT2D eigenvalue weighted by atomic mass is 9.83. The van der Waals surface area contributed by atoms with Gasteiger partial charge in [-0.25, -0.2) is 4.79 Å². The molecule has 0 aromatic heterocycles. The second kappa shape index (κ2) is 14.3. The highest BCUT2D eigenvalue weighted by atomic mass is 35.5. The van der Waals surface area contributed by atoms with Gasteiger partial charge in [-0.05, 0) is 78.9 Å². The lowest BCUT2D eigenvalue weighted by Crippen LogP contribution is -2.28. The van der Waals surface area contributed by atoms with Gasteiger partial charge in [0.25, 0.3) is 0 Å². The van der Waals surface area contributed by atoms with Gasteiger partial charge in [0, 0.05) is 16.7 Å². The first kappa shape index (κ1) is 32.3. The van der Waals surface area contributed by atoms with Crippen molar-refractivity contribution < 1.29 is 28.5 Å². The van der Waals surface area contributed by atoms with E-state index in [1.807, 2.05) is 73.7 Å². The lowest BCUT2D eigenvalue weighted by molar-refractivity contribution is -0.141. The van der Waals surface area contributed by atoms with Crippen molar-refractivity contribution in [2.45, 2.75) is 52.2 Å². The minimum Gasteiger partial charge on any atom is -0.490 e. The van der Waals surface area contributed by atoms with Crippen LogP contribution in [-0.2, 0) is 11.4 Å². The highest BCUT2D eigenvalue weighted by molar-refractivity contribution is 6.30. The zero-order valence-electron chi connectivity index (χ0n) is 26.1. The Bertz CT molecular complexity index is 1780. The fraction of sp³-hybridized carbons (Fsp3) is 0.243. The maximum Gasteiger partial charge on any atom is 0.352 e. The predicted molar refractivity (Wildman–Crippen MR) is 175 cm³/mol. The largest absolute Gasteiger partial charge is 0.490 e. The smallest absolute Gasteiger partial charge is 0.352 e. The van der Waals surface area contributed by atoms with E-state index in [0.29, 0.717) is 52.7 Å². The van der Waals surface area contributed by atoms with Crippen molar-refractivity contribution in [1.82, 2.24) is 0 Å². The molecule has 8 nitrogen and oxygen atoms in total. The highest BCUT2D eigenvalue weighted by Gasteiger charge is 2.32. The fourth-order valence-electron chi connectivity index (χ4n) is 5.06. The summed E-state index contributed by atoms with van der Waals surface area (Å²) < 4.78 is 29.3. The topological polar surface area (TPSA) is 113 Å². The number of nitrogens with zero attached hydrogens (tertiary/aromatic N) is 1. The number of halogens is 1. The first-order valence-corrected chi connectivity index (χ1v) is 15.4. The van der Waals surface area contributed by atoms with Gasteiger partial charge in [-0.1, -0.05) is 61.8 Å². The van der Waals surface area contributed by atoms with Crippen LogP contribution in [0.4, 0.5) is 0 Å². The number of benzene rings is 4. The molecule has 1 aliphatic rings. The zero-order chi connectivity index (χ0) is 32.8. The molecule has 236 valence electrons. The van der Waals surface area contributed by atoms with E-state index in [-0.39, 0.29) is 17.2 Å². The summed E-state index contributed by atoms with van der Waals surface area (Å²) in [6, 6.07) is 27.7. The Morgan fingerprint density at radius 2 is 1.65 bits per heavy atom. The number of nitriles is 1. The third-order valence-electron chi connectivity index (χ3n) is 7.51. The molecule has 2 atom stereocenters. The van der Waals surface area contributed by atoms with Gasteiger partial charge in [-0.15, -0.1) is 0 Å². The zero-order valence-corrected chi connectivity index (χ0v) is 26.8. The van der Waals surface area contributed by atoms with Crippen molar-refractivity contribution in [1.29, 1.82) is 5.26 Å². The summed E-state index contributed by atoms with van der Waals surface area (Å²) in [4.78, 5) is 12.9. The Labute approximate surface area is 273 Å². The molecular weight excluding hydrogens is 604 g/mol. The number of allylic oxidation sites excluding steroid dienone is 1. The van der Waals surface area contributed by atoms with Crippen LogP contribution in [0.1, 0.15) is 61.8 Å². The molecule has 0 fully saturated rings. The number of fused-ring (bicyclic) bond motifs is 1. The number of nitrogens with two attached hydrogens (primary N) is 1. The minimum absolute atomic E-state index is 0.0361. The summed E-state index contributed by atoms with van der Waals surface area (Å²) in [6.07, 6.45) is -0.859. The fourth-order valence-corrected chi connectivity index (χ4v) is 5.18. The van der Waals surface area contributed by atoms with Crippen LogP contribution in [0.2, 0.25) is 5.02 Å². The van der Waals surface area contributed by atoms with Crippen LogP contribution >= 0.6 is 11.6 Å². The van der Waals surface area contributed by atoms with E-state index in [9.17, 15) is 10.1 Å². The predicted octanol–water partition coefficient (Wildman–Crippen LogP) is 8.03. The van der Waals surface area contributed by atoms with Crippen molar-refractivity contribution in [3.63, 3.8) is 0 Å². The molecule has 0 amide bonds. The number of carbonyl (C=O) groups excluding carboxylic acids is 1. The molecule has 2 unspecified atom stereocenters. The molecule has 2 N–H and O–H groups in total. The molecule has 9 heteroatoms. The third kappa shape index (κ3) is 7.39.